The molecule has 1 aromatic carbocycles. The van der Waals surface area contributed by atoms with Gasteiger partial charge in [0.25, 0.3) is 0 Å². The molecule has 19 heavy (non-hydrogen) atoms. The number of nitrogens with zero attached hydrogens (tertiary/aromatic N) is 1. The van der Waals surface area contributed by atoms with E-state index < -0.39 is 4.92 Å². The molecule has 1 aliphatic carbocycles. The quantitative estimate of drug-likeness (QED) is 0.497. The van der Waals surface area contributed by atoms with Gasteiger partial charge in [-0.2, -0.15) is 0 Å². The van der Waals surface area contributed by atoms with E-state index in [1.54, 1.807) is 6.07 Å². The third kappa shape index (κ3) is 3.79. The maximum Gasteiger partial charge on any atom is 0.311 e. The van der Waals surface area contributed by atoms with Crippen molar-refractivity contribution in [1.29, 1.82) is 0 Å². The number of ether oxygens (including phenoxy) is 1. The predicted molar refractivity (Wildman–Crippen MR) is 79.3 cm³/mol. The van der Waals surface area contributed by atoms with Crippen LogP contribution in [0.3, 0.4) is 0 Å². The van der Waals surface area contributed by atoms with Crippen LogP contribution in [0.5, 0.6) is 5.75 Å². The Morgan fingerprint density at radius 2 is 2.05 bits per heavy atom. The molecule has 1 aliphatic rings. The van der Waals surface area contributed by atoms with Crippen LogP contribution in [-0.4, -0.2) is 22.7 Å². The molecular weight excluding hydrogens is 361 g/mol. The van der Waals surface area contributed by atoms with Crippen LogP contribution in [0.25, 0.3) is 0 Å². The SMILES string of the molecule is O=[N+]([O-])c1cc(I)ccc1OC1CCC(CO)CC1. The van der Waals surface area contributed by atoms with Gasteiger partial charge in [0, 0.05) is 16.2 Å². The van der Waals surface area contributed by atoms with Crippen LogP contribution in [0.1, 0.15) is 25.7 Å². The number of aliphatic hydroxyl groups is 1. The Kier molecular flexibility index (Phi) is 4.98. The Labute approximate surface area is 125 Å². The van der Waals surface area contributed by atoms with E-state index in [2.05, 4.69) is 0 Å². The average Bonchev–Trinajstić information content (AvgIpc) is 2.41. The molecule has 1 saturated carbocycles. The van der Waals surface area contributed by atoms with Crippen LogP contribution in [0.2, 0.25) is 0 Å². The van der Waals surface area contributed by atoms with E-state index in [1.807, 2.05) is 28.7 Å². The van der Waals surface area contributed by atoms with Gasteiger partial charge in [0.2, 0.25) is 0 Å². The highest BCUT2D eigenvalue weighted by Crippen LogP contribution is 2.33. The summed E-state index contributed by atoms with van der Waals surface area (Å²) in [5.41, 5.74) is 0.0242. The molecular formula is C13H16INO4. The second-order valence-corrected chi connectivity index (χ2v) is 6.06. The molecule has 0 aromatic heterocycles. The van der Waals surface area contributed by atoms with Gasteiger partial charge in [0.05, 0.1) is 11.0 Å². The van der Waals surface area contributed by atoms with Gasteiger partial charge in [-0.1, -0.05) is 0 Å². The minimum atomic E-state index is -0.406. The monoisotopic (exact) mass is 377 g/mol. The summed E-state index contributed by atoms with van der Waals surface area (Å²) in [5, 5.41) is 20.1. The fourth-order valence-electron chi connectivity index (χ4n) is 2.34. The Morgan fingerprint density at radius 1 is 1.37 bits per heavy atom. The van der Waals surface area contributed by atoms with Crippen molar-refractivity contribution in [2.75, 3.05) is 6.61 Å². The molecule has 1 aromatic rings. The van der Waals surface area contributed by atoms with Gasteiger partial charge in [-0.05, 0) is 66.3 Å². The first-order valence-corrected chi connectivity index (χ1v) is 7.39. The number of rotatable bonds is 4. The molecule has 5 nitrogen and oxygen atoms in total. The Balaban J connectivity index is 2.05. The lowest BCUT2D eigenvalue weighted by Gasteiger charge is -2.27. The van der Waals surface area contributed by atoms with Gasteiger partial charge in [-0.3, -0.25) is 10.1 Å². The van der Waals surface area contributed by atoms with Crippen LogP contribution in [0.4, 0.5) is 5.69 Å². The highest BCUT2D eigenvalue weighted by Gasteiger charge is 2.24. The zero-order chi connectivity index (χ0) is 13.8. The first-order chi connectivity index (χ1) is 9.10. The number of hydrogen-bond donors (Lipinski definition) is 1. The lowest BCUT2D eigenvalue weighted by Crippen LogP contribution is -2.25. The first-order valence-electron chi connectivity index (χ1n) is 6.31. The van der Waals surface area contributed by atoms with E-state index in [0.29, 0.717) is 11.7 Å². The molecule has 6 heteroatoms. The van der Waals surface area contributed by atoms with Gasteiger partial charge in [0.15, 0.2) is 5.75 Å². The molecule has 0 heterocycles. The lowest BCUT2D eigenvalue weighted by atomic mass is 9.88. The summed E-state index contributed by atoms with van der Waals surface area (Å²) in [6.07, 6.45) is 3.53. The van der Waals surface area contributed by atoms with Crippen molar-refractivity contribution in [2.24, 2.45) is 5.92 Å². The number of nitro benzene ring substituents is 1. The van der Waals surface area contributed by atoms with Crippen LogP contribution < -0.4 is 4.74 Å². The van der Waals surface area contributed by atoms with Crippen LogP contribution in [-0.2, 0) is 0 Å². The number of aliphatic hydroxyl groups excluding tert-OH is 1. The topological polar surface area (TPSA) is 72.6 Å². The maximum atomic E-state index is 11.0. The van der Waals surface area contributed by atoms with E-state index in [-0.39, 0.29) is 18.4 Å². The molecule has 0 bridgehead atoms. The third-order valence-corrected chi connectivity index (χ3v) is 4.13. The summed E-state index contributed by atoms with van der Waals surface area (Å²) in [6, 6.07) is 5.00. The second-order valence-electron chi connectivity index (χ2n) is 4.81. The summed E-state index contributed by atoms with van der Waals surface area (Å²) in [5.74, 6) is 0.699. The fourth-order valence-corrected chi connectivity index (χ4v) is 2.82. The summed E-state index contributed by atoms with van der Waals surface area (Å²) in [7, 11) is 0. The van der Waals surface area contributed by atoms with Gasteiger partial charge in [-0.15, -0.1) is 0 Å². The van der Waals surface area contributed by atoms with Crippen molar-refractivity contribution < 1.29 is 14.8 Å². The zero-order valence-corrected chi connectivity index (χ0v) is 12.6. The summed E-state index contributed by atoms with van der Waals surface area (Å²) < 4.78 is 6.59. The van der Waals surface area contributed by atoms with Crippen LogP contribution in [0.15, 0.2) is 18.2 Å². The highest BCUT2D eigenvalue weighted by atomic mass is 127. The largest absolute Gasteiger partial charge is 0.484 e. The number of benzene rings is 1. The molecule has 0 unspecified atom stereocenters. The smallest absolute Gasteiger partial charge is 0.311 e. The minimum absolute atomic E-state index is 0.0153. The fraction of sp³-hybridized carbons (Fsp3) is 0.538. The molecule has 2 rings (SSSR count). The van der Waals surface area contributed by atoms with Crippen molar-refractivity contribution in [3.05, 3.63) is 31.9 Å². The van der Waals surface area contributed by atoms with E-state index in [1.165, 1.54) is 6.07 Å². The normalized spacial score (nSPS) is 23.1. The standard InChI is InChI=1S/C13H16INO4/c14-10-3-6-13(12(7-10)15(17)18)19-11-4-1-9(8-16)2-5-11/h3,6-7,9,11,16H,1-2,4-5,8H2. The van der Waals surface area contributed by atoms with Crippen molar-refractivity contribution in [3.63, 3.8) is 0 Å². The molecule has 0 atom stereocenters. The van der Waals surface area contributed by atoms with Crippen molar-refractivity contribution in [1.82, 2.24) is 0 Å². The van der Waals surface area contributed by atoms with Gasteiger partial charge >= 0.3 is 5.69 Å². The third-order valence-electron chi connectivity index (χ3n) is 3.46. The highest BCUT2D eigenvalue weighted by molar-refractivity contribution is 14.1. The number of nitro groups is 1. The minimum Gasteiger partial charge on any atom is -0.484 e. The molecule has 0 amide bonds. The summed E-state index contributed by atoms with van der Waals surface area (Å²) in [6.45, 7) is 0.219. The van der Waals surface area contributed by atoms with Crippen molar-refractivity contribution >= 4 is 28.3 Å². The van der Waals surface area contributed by atoms with E-state index in [0.717, 1.165) is 29.3 Å². The summed E-state index contributed by atoms with van der Waals surface area (Å²) >= 11 is 2.05. The first kappa shape index (κ1) is 14.5. The van der Waals surface area contributed by atoms with E-state index in [9.17, 15) is 10.1 Å². The van der Waals surface area contributed by atoms with Crippen molar-refractivity contribution in [3.8, 4) is 5.75 Å². The Hall–Kier alpha value is -0.890. The lowest BCUT2D eigenvalue weighted by molar-refractivity contribution is -0.386. The molecule has 0 aliphatic heterocycles. The van der Waals surface area contributed by atoms with E-state index in [4.69, 9.17) is 9.84 Å². The van der Waals surface area contributed by atoms with Crippen molar-refractivity contribution in [2.45, 2.75) is 31.8 Å². The molecule has 0 saturated heterocycles. The van der Waals surface area contributed by atoms with Gasteiger partial charge < -0.3 is 9.84 Å². The van der Waals surface area contributed by atoms with Gasteiger partial charge in [-0.25, -0.2) is 0 Å². The van der Waals surface area contributed by atoms with Crippen LogP contribution in [0, 0.1) is 19.6 Å². The second kappa shape index (κ2) is 6.51. The maximum absolute atomic E-state index is 11.0. The molecule has 104 valence electrons. The molecule has 0 radical (unpaired) electrons. The molecule has 1 fully saturated rings. The Morgan fingerprint density at radius 3 is 2.63 bits per heavy atom. The Bertz CT molecular complexity index is 458. The number of halogens is 1. The summed E-state index contributed by atoms with van der Waals surface area (Å²) in [4.78, 5) is 10.6. The molecule has 0 spiro atoms. The predicted octanol–water partition coefficient (Wildman–Crippen LogP) is 3.13. The van der Waals surface area contributed by atoms with E-state index >= 15 is 0 Å². The number of hydrogen-bond acceptors (Lipinski definition) is 4. The average molecular weight is 377 g/mol. The van der Waals surface area contributed by atoms with Gasteiger partial charge in [0.1, 0.15) is 0 Å². The van der Waals surface area contributed by atoms with Crippen LogP contribution >= 0.6 is 22.6 Å². The molecule has 1 N–H and O–H groups in total. The zero-order valence-electron chi connectivity index (χ0n) is 10.4.